The zero-order chi connectivity index (χ0) is 16.1. The minimum atomic E-state index is -0.206. The monoisotopic (exact) mass is 303 g/mol. The molecule has 0 aliphatic rings. The molecular weight excluding hydrogens is 282 g/mol. The second-order valence-corrected chi connectivity index (χ2v) is 5.14. The molecule has 1 aromatic heterocycles. The Morgan fingerprint density at radius 3 is 2.64 bits per heavy atom. The molecule has 1 heterocycles. The average molecular weight is 303 g/mol. The first-order valence-corrected chi connectivity index (χ1v) is 7.00. The van der Waals surface area contributed by atoms with Crippen LogP contribution in [0.2, 0.25) is 0 Å². The Balaban J connectivity index is 2.39. The second kappa shape index (κ2) is 7.09. The number of rotatable bonds is 6. The lowest BCUT2D eigenvalue weighted by Gasteiger charge is -2.13. The summed E-state index contributed by atoms with van der Waals surface area (Å²) in [5.41, 5.74) is 0.369. The molecule has 118 valence electrons. The van der Waals surface area contributed by atoms with Gasteiger partial charge in [0, 0.05) is 36.1 Å². The Labute approximate surface area is 130 Å². The third kappa shape index (κ3) is 3.46. The number of carbonyl (C=O) groups is 1. The number of hydrogen-bond acceptors (Lipinski definition) is 5. The summed E-state index contributed by atoms with van der Waals surface area (Å²) < 4.78 is 10.6. The SMILES string of the molecule is COc1cc(OC)c2ccnc(C(=O)NCCN(C)C)c2c1. The van der Waals surface area contributed by atoms with Crippen LogP contribution >= 0.6 is 0 Å². The summed E-state index contributed by atoms with van der Waals surface area (Å²) in [5.74, 6) is 1.07. The number of ether oxygens (including phenoxy) is 2. The number of fused-ring (bicyclic) bond motifs is 1. The Bertz CT molecular complexity index is 671. The molecule has 0 aliphatic heterocycles. The van der Waals surface area contributed by atoms with Crippen LogP contribution < -0.4 is 14.8 Å². The fraction of sp³-hybridized carbons (Fsp3) is 0.375. The molecule has 6 nitrogen and oxygen atoms in total. The first-order chi connectivity index (χ1) is 10.6. The van der Waals surface area contributed by atoms with E-state index in [4.69, 9.17) is 9.47 Å². The van der Waals surface area contributed by atoms with Crippen molar-refractivity contribution in [3.8, 4) is 11.5 Å². The highest BCUT2D eigenvalue weighted by Crippen LogP contribution is 2.32. The van der Waals surface area contributed by atoms with Gasteiger partial charge in [-0.25, -0.2) is 0 Å². The number of hydrogen-bond donors (Lipinski definition) is 1. The maximum atomic E-state index is 12.4. The first-order valence-electron chi connectivity index (χ1n) is 7.00. The van der Waals surface area contributed by atoms with E-state index in [0.29, 0.717) is 29.1 Å². The van der Waals surface area contributed by atoms with E-state index in [2.05, 4.69) is 10.3 Å². The Morgan fingerprint density at radius 1 is 1.23 bits per heavy atom. The standard InChI is InChI=1S/C16H21N3O3/c1-19(2)8-7-18-16(20)15-13-9-11(21-3)10-14(22-4)12(13)5-6-17-15/h5-6,9-10H,7-8H2,1-4H3,(H,18,20). The van der Waals surface area contributed by atoms with Gasteiger partial charge in [-0.3, -0.25) is 9.78 Å². The molecular formula is C16H21N3O3. The van der Waals surface area contributed by atoms with E-state index in [0.717, 1.165) is 11.9 Å². The predicted octanol–water partition coefficient (Wildman–Crippen LogP) is 1.54. The lowest BCUT2D eigenvalue weighted by molar-refractivity contribution is 0.0948. The van der Waals surface area contributed by atoms with Crippen molar-refractivity contribution >= 4 is 16.7 Å². The summed E-state index contributed by atoms with van der Waals surface area (Å²) in [5, 5.41) is 4.41. The third-order valence-corrected chi connectivity index (χ3v) is 3.33. The van der Waals surface area contributed by atoms with Gasteiger partial charge < -0.3 is 19.7 Å². The maximum Gasteiger partial charge on any atom is 0.270 e. The van der Waals surface area contributed by atoms with Crippen molar-refractivity contribution in [1.29, 1.82) is 0 Å². The van der Waals surface area contributed by atoms with Gasteiger partial charge in [-0.15, -0.1) is 0 Å². The van der Waals surface area contributed by atoms with Crippen LogP contribution in [0.25, 0.3) is 10.8 Å². The molecule has 2 aromatic rings. The first kappa shape index (κ1) is 16.0. The van der Waals surface area contributed by atoms with Crippen LogP contribution in [-0.4, -0.2) is 57.2 Å². The van der Waals surface area contributed by atoms with Crippen molar-refractivity contribution in [2.45, 2.75) is 0 Å². The maximum absolute atomic E-state index is 12.4. The zero-order valence-electron chi connectivity index (χ0n) is 13.3. The van der Waals surface area contributed by atoms with Crippen LogP contribution in [0, 0.1) is 0 Å². The van der Waals surface area contributed by atoms with Gasteiger partial charge in [-0.05, 0) is 26.2 Å². The van der Waals surface area contributed by atoms with Gasteiger partial charge in [0.05, 0.1) is 14.2 Å². The van der Waals surface area contributed by atoms with Crippen LogP contribution in [-0.2, 0) is 0 Å². The highest BCUT2D eigenvalue weighted by molar-refractivity contribution is 6.07. The molecule has 0 bridgehead atoms. The molecule has 0 spiro atoms. The van der Waals surface area contributed by atoms with Crippen molar-refractivity contribution in [2.75, 3.05) is 41.4 Å². The predicted molar refractivity (Wildman–Crippen MR) is 85.7 cm³/mol. The van der Waals surface area contributed by atoms with Gasteiger partial charge in [0.2, 0.25) is 0 Å². The fourth-order valence-electron chi connectivity index (χ4n) is 2.17. The van der Waals surface area contributed by atoms with Gasteiger partial charge in [-0.2, -0.15) is 0 Å². The quantitative estimate of drug-likeness (QED) is 0.877. The lowest BCUT2D eigenvalue weighted by atomic mass is 10.1. The number of pyridine rings is 1. The summed E-state index contributed by atoms with van der Waals surface area (Å²) in [4.78, 5) is 18.6. The Morgan fingerprint density at radius 2 is 2.00 bits per heavy atom. The molecule has 0 saturated carbocycles. The summed E-state index contributed by atoms with van der Waals surface area (Å²) in [6, 6.07) is 5.41. The molecule has 0 fully saturated rings. The van der Waals surface area contributed by atoms with Gasteiger partial charge >= 0.3 is 0 Å². The molecule has 0 atom stereocenters. The second-order valence-electron chi connectivity index (χ2n) is 5.14. The number of likely N-dealkylation sites (N-methyl/N-ethyl adjacent to an activating group) is 1. The van der Waals surface area contributed by atoms with Crippen molar-refractivity contribution in [2.24, 2.45) is 0 Å². The van der Waals surface area contributed by atoms with Crippen LogP contribution in [0.3, 0.4) is 0 Å². The van der Waals surface area contributed by atoms with Gasteiger partial charge in [0.25, 0.3) is 5.91 Å². The summed E-state index contributed by atoms with van der Waals surface area (Å²) in [6.07, 6.45) is 1.61. The fourth-order valence-corrected chi connectivity index (χ4v) is 2.17. The number of methoxy groups -OCH3 is 2. The average Bonchev–Trinajstić information content (AvgIpc) is 2.52. The minimum Gasteiger partial charge on any atom is -0.497 e. The third-order valence-electron chi connectivity index (χ3n) is 3.33. The molecule has 2 rings (SSSR count). The van der Waals surface area contributed by atoms with E-state index in [1.165, 1.54) is 0 Å². The van der Waals surface area contributed by atoms with E-state index < -0.39 is 0 Å². The highest BCUT2D eigenvalue weighted by Gasteiger charge is 2.15. The van der Waals surface area contributed by atoms with Gasteiger partial charge in [0.1, 0.15) is 17.2 Å². The topological polar surface area (TPSA) is 63.7 Å². The highest BCUT2D eigenvalue weighted by atomic mass is 16.5. The van der Waals surface area contributed by atoms with Crippen LogP contribution in [0.1, 0.15) is 10.5 Å². The summed E-state index contributed by atoms with van der Waals surface area (Å²) in [6.45, 7) is 1.33. The molecule has 6 heteroatoms. The molecule has 0 saturated heterocycles. The van der Waals surface area contributed by atoms with E-state index >= 15 is 0 Å². The number of nitrogens with zero attached hydrogens (tertiary/aromatic N) is 2. The molecule has 0 aliphatic carbocycles. The van der Waals surface area contributed by atoms with Crippen molar-refractivity contribution in [1.82, 2.24) is 15.2 Å². The smallest absolute Gasteiger partial charge is 0.270 e. The van der Waals surface area contributed by atoms with Crippen LogP contribution in [0.4, 0.5) is 0 Å². The summed E-state index contributed by atoms with van der Waals surface area (Å²) >= 11 is 0. The van der Waals surface area contributed by atoms with E-state index in [1.807, 2.05) is 25.1 Å². The molecule has 0 unspecified atom stereocenters. The van der Waals surface area contributed by atoms with Crippen LogP contribution in [0.5, 0.6) is 11.5 Å². The zero-order valence-corrected chi connectivity index (χ0v) is 13.3. The minimum absolute atomic E-state index is 0.206. The van der Waals surface area contributed by atoms with Crippen molar-refractivity contribution in [3.05, 3.63) is 30.1 Å². The van der Waals surface area contributed by atoms with E-state index in [1.54, 1.807) is 32.5 Å². The van der Waals surface area contributed by atoms with E-state index in [9.17, 15) is 4.79 Å². The van der Waals surface area contributed by atoms with Gasteiger partial charge in [-0.1, -0.05) is 0 Å². The van der Waals surface area contributed by atoms with Crippen molar-refractivity contribution < 1.29 is 14.3 Å². The molecule has 22 heavy (non-hydrogen) atoms. The number of benzene rings is 1. The number of aromatic nitrogens is 1. The lowest BCUT2D eigenvalue weighted by Crippen LogP contribution is -2.31. The largest absolute Gasteiger partial charge is 0.497 e. The molecule has 0 radical (unpaired) electrons. The number of carbonyl (C=O) groups excluding carboxylic acids is 1. The van der Waals surface area contributed by atoms with Crippen molar-refractivity contribution in [3.63, 3.8) is 0 Å². The van der Waals surface area contributed by atoms with Gasteiger partial charge in [0.15, 0.2) is 0 Å². The molecule has 1 amide bonds. The number of nitrogens with one attached hydrogen (secondary N) is 1. The number of amides is 1. The normalized spacial score (nSPS) is 10.8. The molecule has 1 aromatic carbocycles. The Kier molecular flexibility index (Phi) is 5.16. The van der Waals surface area contributed by atoms with Crippen LogP contribution in [0.15, 0.2) is 24.4 Å². The molecule has 1 N–H and O–H groups in total. The van der Waals surface area contributed by atoms with E-state index in [-0.39, 0.29) is 5.91 Å². The Hall–Kier alpha value is -2.34. The summed E-state index contributed by atoms with van der Waals surface area (Å²) in [7, 11) is 7.08.